The SMILES string of the molecule is CC1(C)CN(c2ccc(Cl)c(F)c2)c2ccc(C(=O)N3CCN(c4nc(C(F)(F)F)c(C(=O)O)s4)CC3(C)C)nc21. The summed E-state index contributed by atoms with van der Waals surface area (Å²) in [6, 6.07) is 7.95. The van der Waals surface area contributed by atoms with Gasteiger partial charge in [0, 0.05) is 37.3 Å². The summed E-state index contributed by atoms with van der Waals surface area (Å²) in [5.41, 5.74) is -0.482. The van der Waals surface area contributed by atoms with Crippen LogP contribution in [0.15, 0.2) is 30.3 Å². The van der Waals surface area contributed by atoms with Crippen molar-refractivity contribution in [3.05, 3.63) is 63.1 Å². The Hall–Kier alpha value is -3.45. The second kappa shape index (κ2) is 9.83. The number of nitrogens with zero attached hydrogens (tertiary/aromatic N) is 5. The van der Waals surface area contributed by atoms with Crippen molar-refractivity contribution in [3.63, 3.8) is 0 Å². The molecule has 1 aromatic carbocycles. The van der Waals surface area contributed by atoms with Crippen LogP contribution in [0.2, 0.25) is 5.02 Å². The molecule has 2 aliphatic heterocycles. The first kappa shape index (κ1) is 29.1. The maximum atomic E-state index is 14.2. The minimum absolute atomic E-state index is 0.0205. The van der Waals surface area contributed by atoms with E-state index in [1.54, 1.807) is 41.8 Å². The Kier molecular flexibility index (Phi) is 6.97. The van der Waals surface area contributed by atoms with E-state index in [0.29, 0.717) is 29.3 Å². The number of carbonyl (C=O) groups excluding carboxylic acids is 1. The molecule has 1 fully saturated rings. The van der Waals surface area contributed by atoms with Crippen molar-refractivity contribution >= 4 is 51.3 Å². The van der Waals surface area contributed by atoms with Crippen molar-refractivity contribution < 1.29 is 32.3 Å². The minimum atomic E-state index is -4.90. The topological polar surface area (TPSA) is 89.9 Å². The zero-order valence-electron chi connectivity index (χ0n) is 22.5. The zero-order chi connectivity index (χ0) is 30.1. The summed E-state index contributed by atoms with van der Waals surface area (Å²) in [6.07, 6.45) is -4.90. The molecular weight excluding hydrogens is 586 g/mol. The lowest BCUT2D eigenvalue weighted by Gasteiger charge is -2.47. The van der Waals surface area contributed by atoms with Gasteiger partial charge in [-0.05, 0) is 44.2 Å². The Labute approximate surface area is 242 Å². The highest BCUT2D eigenvalue weighted by Gasteiger charge is 2.44. The standard InChI is InChI=1S/C27H26ClF4N5O3S/c1-25(2)12-36(14-5-6-15(28)16(29)11-14)18-8-7-17(33-20(18)25)22(38)37-10-9-35(13-26(37,3)4)24-34-21(27(30,31)32)19(41-24)23(39)40/h5-8,11H,9-10,12-13H2,1-4H3,(H,39,40). The van der Waals surface area contributed by atoms with E-state index in [1.165, 1.54) is 12.1 Å². The molecule has 3 aromatic rings. The van der Waals surface area contributed by atoms with Crippen LogP contribution in [0.1, 0.15) is 59.2 Å². The van der Waals surface area contributed by atoms with E-state index in [9.17, 15) is 32.3 Å². The molecule has 0 spiro atoms. The molecule has 4 heterocycles. The third-order valence-electron chi connectivity index (χ3n) is 7.29. The molecule has 0 aliphatic carbocycles. The molecule has 0 radical (unpaired) electrons. The predicted octanol–water partition coefficient (Wildman–Crippen LogP) is 6.22. The van der Waals surface area contributed by atoms with Crippen LogP contribution in [0.4, 0.5) is 34.1 Å². The number of hydrogen-bond acceptors (Lipinski definition) is 7. The Morgan fingerprint density at radius 1 is 1.05 bits per heavy atom. The number of carboxylic acids is 1. The van der Waals surface area contributed by atoms with Crippen LogP contribution in [0.25, 0.3) is 0 Å². The van der Waals surface area contributed by atoms with Crippen LogP contribution < -0.4 is 9.80 Å². The molecule has 1 saturated heterocycles. The highest BCUT2D eigenvalue weighted by Crippen LogP contribution is 2.44. The van der Waals surface area contributed by atoms with Crippen molar-refractivity contribution in [3.8, 4) is 0 Å². The lowest BCUT2D eigenvalue weighted by molar-refractivity contribution is -0.141. The van der Waals surface area contributed by atoms with Gasteiger partial charge in [0.1, 0.15) is 16.4 Å². The summed E-state index contributed by atoms with van der Waals surface area (Å²) in [6.45, 7) is 8.48. The van der Waals surface area contributed by atoms with Crippen molar-refractivity contribution in [1.29, 1.82) is 0 Å². The second-order valence-corrected chi connectivity index (χ2v) is 12.7. The van der Waals surface area contributed by atoms with Crippen molar-refractivity contribution in [2.45, 2.75) is 44.8 Å². The van der Waals surface area contributed by atoms with Gasteiger partial charge in [-0.2, -0.15) is 13.2 Å². The second-order valence-electron chi connectivity index (χ2n) is 11.3. The number of anilines is 3. The predicted molar refractivity (Wildman–Crippen MR) is 147 cm³/mol. The number of aromatic carboxylic acids is 1. The number of pyridine rings is 1. The molecule has 14 heteroatoms. The number of rotatable bonds is 4. The highest BCUT2D eigenvalue weighted by atomic mass is 35.5. The molecular formula is C27H26ClF4N5O3S. The average molecular weight is 612 g/mol. The number of piperazine rings is 1. The first-order valence-corrected chi connectivity index (χ1v) is 13.8. The quantitative estimate of drug-likeness (QED) is 0.351. The lowest BCUT2D eigenvalue weighted by atomic mass is 9.91. The minimum Gasteiger partial charge on any atom is -0.477 e. The smallest absolute Gasteiger partial charge is 0.435 e. The van der Waals surface area contributed by atoms with Crippen LogP contribution in [-0.4, -0.2) is 63.6 Å². The molecule has 1 amide bonds. The van der Waals surface area contributed by atoms with Crippen LogP contribution in [0.5, 0.6) is 0 Å². The Balaban J connectivity index is 1.39. The van der Waals surface area contributed by atoms with Gasteiger partial charge in [-0.3, -0.25) is 4.79 Å². The number of carboxylic acid groups (broad SMARTS) is 1. The normalized spacial score (nSPS) is 18.0. The summed E-state index contributed by atoms with van der Waals surface area (Å²) in [5, 5.41) is 9.22. The molecule has 1 N–H and O–H groups in total. The third kappa shape index (κ3) is 5.21. The number of fused-ring (bicyclic) bond motifs is 1. The average Bonchev–Trinajstić information content (AvgIpc) is 3.45. The van der Waals surface area contributed by atoms with E-state index in [2.05, 4.69) is 4.98 Å². The summed E-state index contributed by atoms with van der Waals surface area (Å²) in [5.74, 6) is -2.58. The van der Waals surface area contributed by atoms with E-state index in [-0.39, 0.29) is 41.4 Å². The van der Waals surface area contributed by atoms with Gasteiger partial charge in [0.05, 0.1) is 21.9 Å². The van der Waals surface area contributed by atoms with Gasteiger partial charge >= 0.3 is 12.1 Å². The van der Waals surface area contributed by atoms with Gasteiger partial charge in [0.15, 0.2) is 10.8 Å². The van der Waals surface area contributed by atoms with E-state index in [0.717, 1.165) is 5.69 Å². The first-order valence-electron chi connectivity index (χ1n) is 12.6. The summed E-state index contributed by atoms with van der Waals surface area (Å²) in [7, 11) is 0. The molecule has 8 nitrogen and oxygen atoms in total. The molecule has 218 valence electrons. The van der Waals surface area contributed by atoms with Crippen molar-refractivity contribution in [2.75, 3.05) is 36.0 Å². The Morgan fingerprint density at radius 3 is 2.34 bits per heavy atom. The lowest BCUT2D eigenvalue weighted by Crippen LogP contribution is -2.61. The fourth-order valence-corrected chi connectivity index (χ4v) is 6.41. The summed E-state index contributed by atoms with van der Waals surface area (Å²) in [4.78, 5) is 37.7. The zero-order valence-corrected chi connectivity index (χ0v) is 24.1. The maximum absolute atomic E-state index is 14.2. The van der Waals surface area contributed by atoms with Crippen LogP contribution in [-0.2, 0) is 11.6 Å². The van der Waals surface area contributed by atoms with E-state index in [4.69, 9.17) is 16.6 Å². The number of aromatic nitrogens is 2. The molecule has 2 aromatic heterocycles. The van der Waals surface area contributed by atoms with Gasteiger partial charge in [0.2, 0.25) is 0 Å². The molecule has 41 heavy (non-hydrogen) atoms. The molecule has 0 bridgehead atoms. The van der Waals surface area contributed by atoms with Crippen molar-refractivity contribution in [1.82, 2.24) is 14.9 Å². The van der Waals surface area contributed by atoms with Gasteiger partial charge in [-0.25, -0.2) is 19.2 Å². The van der Waals surface area contributed by atoms with Crippen LogP contribution in [0.3, 0.4) is 0 Å². The molecule has 0 atom stereocenters. The number of carbonyl (C=O) groups is 2. The van der Waals surface area contributed by atoms with Crippen LogP contribution in [0, 0.1) is 5.82 Å². The largest absolute Gasteiger partial charge is 0.477 e. The van der Waals surface area contributed by atoms with E-state index >= 15 is 0 Å². The van der Waals surface area contributed by atoms with Crippen LogP contribution >= 0.6 is 22.9 Å². The maximum Gasteiger partial charge on any atom is 0.435 e. The highest BCUT2D eigenvalue weighted by molar-refractivity contribution is 7.17. The Morgan fingerprint density at radius 2 is 1.76 bits per heavy atom. The fourth-order valence-electron chi connectivity index (χ4n) is 5.34. The number of amides is 1. The molecule has 5 rings (SSSR count). The van der Waals surface area contributed by atoms with Gasteiger partial charge < -0.3 is 19.8 Å². The van der Waals surface area contributed by atoms with Gasteiger partial charge in [-0.15, -0.1) is 0 Å². The van der Waals surface area contributed by atoms with Crippen molar-refractivity contribution in [2.24, 2.45) is 0 Å². The number of alkyl halides is 3. The Bertz CT molecular complexity index is 1560. The van der Waals surface area contributed by atoms with E-state index < -0.39 is 39.5 Å². The van der Waals surface area contributed by atoms with Gasteiger partial charge in [-0.1, -0.05) is 36.8 Å². The third-order valence-corrected chi connectivity index (χ3v) is 8.70. The number of halogens is 5. The fraction of sp³-hybridized carbons (Fsp3) is 0.407. The number of hydrogen-bond donors (Lipinski definition) is 1. The monoisotopic (exact) mass is 611 g/mol. The van der Waals surface area contributed by atoms with E-state index in [1.807, 2.05) is 18.7 Å². The first-order chi connectivity index (χ1) is 19.0. The number of benzene rings is 1. The van der Waals surface area contributed by atoms with Gasteiger partial charge in [0.25, 0.3) is 5.91 Å². The summed E-state index contributed by atoms with van der Waals surface area (Å²) >= 11 is 6.32. The summed E-state index contributed by atoms with van der Waals surface area (Å²) < 4.78 is 54.3. The molecule has 0 saturated carbocycles. The number of thiazole rings is 1. The molecule has 2 aliphatic rings. The molecule has 0 unspecified atom stereocenters.